The summed E-state index contributed by atoms with van der Waals surface area (Å²) in [4.78, 5) is 1.90. The van der Waals surface area contributed by atoms with Crippen LogP contribution < -0.4 is 5.01 Å². The Morgan fingerprint density at radius 1 is 1.42 bits per heavy atom. The van der Waals surface area contributed by atoms with Crippen LogP contribution in [0, 0.1) is 6.20 Å². The van der Waals surface area contributed by atoms with E-state index < -0.39 is 0 Å². The number of hydrogen-bond acceptors (Lipinski definition) is 3. The summed E-state index contributed by atoms with van der Waals surface area (Å²) in [6.07, 6.45) is 6.37. The van der Waals surface area contributed by atoms with Crippen molar-refractivity contribution in [1.82, 2.24) is 15.1 Å². The number of rotatable bonds is 2. The fourth-order valence-electron chi connectivity index (χ4n) is 1.56. The summed E-state index contributed by atoms with van der Waals surface area (Å²) in [5.74, 6) is 0. The Bertz CT molecular complexity index is 249. The molecule has 0 bridgehead atoms. The molecule has 1 aromatic heterocycles. The molecule has 1 fully saturated rings. The molecular formula is C8H13N4. The third-order valence-electron chi connectivity index (χ3n) is 2.24. The molecule has 0 spiro atoms. The van der Waals surface area contributed by atoms with E-state index in [2.05, 4.69) is 28.4 Å². The second kappa shape index (κ2) is 3.13. The zero-order chi connectivity index (χ0) is 8.39. The third-order valence-corrected chi connectivity index (χ3v) is 2.24. The molecule has 0 atom stereocenters. The summed E-state index contributed by atoms with van der Waals surface area (Å²) in [7, 11) is 0. The highest BCUT2D eigenvalue weighted by Crippen LogP contribution is 2.07. The lowest BCUT2D eigenvalue weighted by molar-refractivity contribution is 0.546. The quantitative estimate of drug-likeness (QED) is 0.635. The fraction of sp³-hybridized carbons (Fsp3) is 0.750. The van der Waals surface area contributed by atoms with Crippen molar-refractivity contribution in [2.75, 3.05) is 18.1 Å². The van der Waals surface area contributed by atoms with Gasteiger partial charge >= 0.3 is 0 Å². The summed E-state index contributed by atoms with van der Waals surface area (Å²) in [5, 5.41) is 10.0. The largest absolute Gasteiger partial charge is 0.295 e. The molecular weight excluding hydrogens is 152 g/mol. The Labute approximate surface area is 72.1 Å². The van der Waals surface area contributed by atoms with Crippen molar-refractivity contribution in [3.05, 3.63) is 11.9 Å². The fourth-order valence-corrected chi connectivity index (χ4v) is 1.56. The van der Waals surface area contributed by atoms with Gasteiger partial charge in [-0.05, 0) is 24.5 Å². The van der Waals surface area contributed by atoms with E-state index in [-0.39, 0.29) is 0 Å². The zero-order valence-electron chi connectivity index (χ0n) is 7.32. The molecule has 1 radical (unpaired) electrons. The molecule has 1 aliphatic heterocycles. The molecule has 12 heavy (non-hydrogen) atoms. The minimum absolute atomic E-state index is 0.948. The van der Waals surface area contributed by atoms with Gasteiger partial charge in [0.05, 0.1) is 5.69 Å². The molecule has 4 nitrogen and oxygen atoms in total. The van der Waals surface area contributed by atoms with Crippen LogP contribution in [0.1, 0.15) is 25.5 Å². The molecule has 0 unspecified atom stereocenters. The number of nitrogens with zero attached hydrogens (tertiary/aromatic N) is 4. The van der Waals surface area contributed by atoms with Gasteiger partial charge in [0.15, 0.2) is 0 Å². The van der Waals surface area contributed by atoms with Crippen molar-refractivity contribution < 1.29 is 0 Å². The summed E-state index contributed by atoms with van der Waals surface area (Å²) in [6, 6.07) is 0. The van der Waals surface area contributed by atoms with Crippen LogP contribution in [0.5, 0.6) is 0 Å². The summed E-state index contributed by atoms with van der Waals surface area (Å²) < 4.78 is 0. The van der Waals surface area contributed by atoms with Gasteiger partial charge in [0.25, 0.3) is 0 Å². The van der Waals surface area contributed by atoms with Crippen LogP contribution in [-0.4, -0.2) is 28.2 Å². The van der Waals surface area contributed by atoms with E-state index in [0.29, 0.717) is 0 Å². The molecule has 2 rings (SSSR count). The minimum Gasteiger partial charge on any atom is -0.295 e. The topological polar surface area (TPSA) is 34.0 Å². The van der Waals surface area contributed by atoms with E-state index in [4.69, 9.17) is 0 Å². The Balaban J connectivity index is 2.19. The van der Waals surface area contributed by atoms with Crippen LogP contribution in [0.4, 0.5) is 0 Å². The summed E-state index contributed by atoms with van der Waals surface area (Å²) in [5.41, 5.74) is 1.08. The lowest BCUT2D eigenvalue weighted by Crippen LogP contribution is -2.33. The van der Waals surface area contributed by atoms with Gasteiger partial charge in [-0.3, -0.25) is 5.01 Å². The first-order valence-corrected chi connectivity index (χ1v) is 4.49. The minimum atomic E-state index is 0.948. The van der Waals surface area contributed by atoms with Gasteiger partial charge in [-0.25, -0.2) is 0 Å². The first kappa shape index (κ1) is 7.58. The number of hydrogen-bond donors (Lipinski definition) is 0. The third kappa shape index (κ3) is 1.17. The maximum Gasteiger partial charge on any atom is 0.140 e. The lowest BCUT2D eigenvalue weighted by Gasteiger charge is -2.18. The van der Waals surface area contributed by atoms with Crippen LogP contribution in [0.15, 0.2) is 0 Å². The first-order valence-electron chi connectivity index (χ1n) is 4.49. The zero-order valence-corrected chi connectivity index (χ0v) is 7.32. The highest BCUT2D eigenvalue weighted by Gasteiger charge is 2.15. The van der Waals surface area contributed by atoms with E-state index >= 15 is 0 Å². The highest BCUT2D eigenvalue weighted by atomic mass is 15.7. The van der Waals surface area contributed by atoms with Crippen molar-refractivity contribution >= 4 is 0 Å². The molecule has 65 valence electrons. The van der Waals surface area contributed by atoms with Crippen LogP contribution in [0.2, 0.25) is 0 Å². The standard InChI is InChI=1S/C8H13N4/c1-2-8-7-9-10-12(8)11-5-3-4-6-11/h2-6H2,1H3. The Hall–Kier alpha value is -1.06. The molecule has 0 N–H and O–H groups in total. The SMILES string of the molecule is CCc1[c]nnn1N1CCCC1. The van der Waals surface area contributed by atoms with Crippen LogP contribution in [0.3, 0.4) is 0 Å². The Morgan fingerprint density at radius 3 is 2.83 bits per heavy atom. The maximum absolute atomic E-state index is 4.01. The number of aryl methyl sites for hydroxylation is 1. The molecule has 2 heterocycles. The molecule has 1 aromatic rings. The molecule has 0 aliphatic carbocycles. The molecule has 1 saturated heterocycles. The maximum atomic E-state index is 4.01. The average molecular weight is 165 g/mol. The van der Waals surface area contributed by atoms with Gasteiger partial charge < -0.3 is 0 Å². The molecule has 4 heteroatoms. The average Bonchev–Trinajstić information content (AvgIpc) is 2.74. The summed E-state index contributed by atoms with van der Waals surface area (Å²) in [6.45, 7) is 4.30. The Morgan fingerprint density at radius 2 is 2.17 bits per heavy atom. The second-order valence-corrected chi connectivity index (χ2v) is 3.05. The molecule has 1 aliphatic rings. The normalized spacial score (nSPS) is 17.2. The van der Waals surface area contributed by atoms with Gasteiger partial charge in [-0.15, -0.1) is 5.10 Å². The summed E-state index contributed by atoms with van der Waals surface area (Å²) >= 11 is 0. The van der Waals surface area contributed by atoms with Gasteiger partial charge in [-0.1, -0.05) is 6.92 Å². The van der Waals surface area contributed by atoms with E-state index in [0.717, 1.165) is 25.2 Å². The van der Waals surface area contributed by atoms with Crippen molar-refractivity contribution in [3.63, 3.8) is 0 Å². The van der Waals surface area contributed by atoms with Crippen molar-refractivity contribution in [3.8, 4) is 0 Å². The van der Waals surface area contributed by atoms with Crippen LogP contribution in [-0.2, 0) is 6.42 Å². The smallest absolute Gasteiger partial charge is 0.140 e. The van der Waals surface area contributed by atoms with Crippen molar-refractivity contribution in [1.29, 1.82) is 0 Å². The van der Waals surface area contributed by atoms with Crippen LogP contribution >= 0.6 is 0 Å². The predicted molar refractivity (Wildman–Crippen MR) is 45.4 cm³/mol. The van der Waals surface area contributed by atoms with Gasteiger partial charge in [0.2, 0.25) is 0 Å². The number of aromatic nitrogens is 3. The van der Waals surface area contributed by atoms with E-state index in [1.807, 2.05) is 4.79 Å². The molecule has 0 aromatic carbocycles. The van der Waals surface area contributed by atoms with Gasteiger partial charge in [-0.2, -0.15) is 4.79 Å². The van der Waals surface area contributed by atoms with Crippen molar-refractivity contribution in [2.24, 2.45) is 0 Å². The van der Waals surface area contributed by atoms with Gasteiger partial charge in [0, 0.05) is 13.1 Å². The monoisotopic (exact) mass is 165 g/mol. The second-order valence-electron chi connectivity index (χ2n) is 3.05. The molecule has 0 amide bonds. The van der Waals surface area contributed by atoms with E-state index in [1.165, 1.54) is 12.8 Å². The van der Waals surface area contributed by atoms with E-state index in [9.17, 15) is 0 Å². The highest BCUT2D eigenvalue weighted by molar-refractivity contribution is 4.99. The molecule has 0 saturated carbocycles. The predicted octanol–water partition coefficient (Wildman–Crippen LogP) is 0.372. The van der Waals surface area contributed by atoms with Crippen LogP contribution in [0.25, 0.3) is 0 Å². The van der Waals surface area contributed by atoms with E-state index in [1.54, 1.807) is 0 Å². The Kier molecular flexibility index (Phi) is 1.98. The van der Waals surface area contributed by atoms with Gasteiger partial charge in [0.1, 0.15) is 6.20 Å². The first-order chi connectivity index (χ1) is 5.92. The van der Waals surface area contributed by atoms with Crippen molar-refractivity contribution in [2.45, 2.75) is 26.2 Å². The lowest BCUT2D eigenvalue weighted by atomic mass is 10.4.